The highest BCUT2D eigenvalue weighted by molar-refractivity contribution is 5.85. The van der Waals surface area contributed by atoms with Crippen LogP contribution in [0.5, 0.6) is 0 Å². The zero-order chi connectivity index (χ0) is 18.8. The molecule has 0 fully saturated rings. The molecule has 27 heavy (non-hydrogen) atoms. The number of nitrogen functional groups attached to an aromatic ring is 1. The first-order valence-corrected chi connectivity index (χ1v) is 8.47. The van der Waals surface area contributed by atoms with Gasteiger partial charge in [-0.2, -0.15) is 0 Å². The minimum Gasteiger partial charge on any atom is -0.383 e. The summed E-state index contributed by atoms with van der Waals surface area (Å²) in [6, 6.07) is 14.7. The predicted octanol–water partition coefficient (Wildman–Crippen LogP) is 4.59. The Labute approximate surface area is 156 Å². The average Bonchev–Trinajstić information content (AvgIpc) is 3.04. The highest BCUT2D eigenvalue weighted by Gasteiger charge is 2.08. The fourth-order valence-corrected chi connectivity index (χ4v) is 3.09. The van der Waals surface area contributed by atoms with Gasteiger partial charge in [0.25, 0.3) is 0 Å². The molecular formula is C21H18FN5. The third kappa shape index (κ3) is 3.37. The van der Waals surface area contributed by atoms with Crippen LogP contribution in [0.25, 0.3) is 17.0 Å². The van der Waals surface area contributed by atoms with E-state index in [1.807, 2.05) is 36.5 Å². The van der Waals surface area contributed by atoms with Gasteiger partial charge < -0.3 is 15.6 Å². The lowest BCUT2D eigenvalue weighted by Crippen LogP contribution is -2.02. The molecule has 0 bridgehead atoms. The Bertz CT molecular complexity index is 1130. The average molecular weight is 359 g/mol. The third-order valence-electron chi connectivity index (χ3n) is 4.39. The van der Waals surface area contributed by atoms with Crippen molar-refractivity contribution >= 4 is 34.3 Å². The highest BCUT2D eigenvalue weighted by atomic mass is 19.1. The quantitative estimate of drug-likeness (QED) is 0.547. The van der Waals surface area contributed by atoms with Crippen molar-refractivity contribution in [1.29, 1.82) is 0 Å². The van der Waals surface area contributed by atoms with Crippen LogP contribution in [-0.4, -0.2) is 14.5 Å². The largest absolute Gasteiger partial charge is 0.383 e. The van der Waals surface area contributed by atoms with E-state index in [1.165, 1.54) is 12.4 Å². The zero-order valence-electron chi connectivity index (χ0n) is 14.6. The Morgan fingerprint density at radius 2 is 2.04 bits per heavy atom. The number of anilines is 3. The van der Waals surface area contributed by atoms with Crippen molar-refractivity contribution < 1.29 is 4.39 Å². The van der Waals surface area contributed by atoms with Crippen LogP contribution in [0.4, 0.5) is 21.7 Å². The fourth-order valence-electron chi connectivity index (χ4n) is 3.09. The Balaban J connectivity index is 1.63. The molecule has 0 aliphatic heterocycles. The minimum atomic E-state index is -0.224. The van der Waals surface area contributed by atoms with Crippen LogP contribution in [0, 0.1) is 5.82 Å². The number of rotatable bonds is 5. The van der Waals surface area contributed by atoms with E-state index < -0.39 is 0 Å². The molecule has 0 amide bonds. The Hall–Kier alpha value is -3.67. The highest BCUT2D eigenvalue weighted by Crippen LogP contribution is 2.26. The van der Waals surface area contributed by atoms with E-state index in [2.05, 4.69) is 26.4 Å². The van der Waals surface area contributed by atoms with E-state index in [0.29, 0.717) is 23.7 Å². The summed E-state index contributed by atoms with van der Waals surface area (Å²) in [6.07, 6.45) is 5.04. The van der Waals surface area contributed by atoms with Crippen LogP contribution < -0.4 is 11.1 Å². The van der Waals surface area contributed by atoms with Crippen LogP contribution in [0.2, 0.25) is 0 Å². The third-order valence-corrected chi connectivity index (χ3v) is 4.39. The summed E-state index contributed by atoms with van der Waals surface area (Å²) >= 11 is 0. The fraction of sp³-hybridized carbons (Fsp3) is 0.0476. The first-order chi connectivity index (χ1) is 13.1. The molecular weight excluding hydrogens is 341 g/mol. The number of nitrogens with zero attached hydrogens (tertiary/aromatic N) is 3. The van der Waals surface area contributed by atoms with Crippen LogP contribution >= 0.6 is 0 Å². The second kappa shape index (κ2) is 6.92. The molecule has 4 aromatic rings. The molecule has 0 spiro atoms. The van der Waals surface area contributed by atoms with Crippen LogP contribution in [0.3, 0.4) is 0 Å². The van der Waals surface area contributed by atoms with Crippen molar-refractivity contribution in [3.8, 4) is 0 Å². The van der Waals surface area contributed by atoms with Crippen molar-refractivity contribution in [2.24, 2.45) is 0 Å². The molecule has 2 aromatic carbocycles. The molecule has 0 saturated heterocycles. The lowest BCUT2D eigenvalue weighted by Gasteiger charge is -2.11. The lowest BCUT2D eigenvalue weighted by molar-refractivity contribution is 0.624. The van der Waals surface area contributed by atoms with Gasteiger partial charge in [-0.1, -0.05) is 24.8 Å². The summed E-state index contributed by atoms with van der Waals surface area (Å²) in [7, 11) is 0. The van der Waals surface area contributed by atoms with Gasteiger partial charge in [-0.15, -0.1) is 0 Å². The Morgan fingerprint density at radius 1 is 1.15 bits per heavy atom. The summed E-state index contributed by atoms with van der Waals surface area (Å²) in [5, 5.41) is 4.33. The maximum atomic E-state index is 13.4. The number of benzene rings is 2. The molecule has 5 nitrogen and oxygen atoms in total. The van der Waals surface area contributed by atoms with E-state index >= 15 is 0 Å². The van der Waals surface area contributed by atoms with E-state index in [1.54, 1.807) is 18.2 Å². The summed E-state index contributed by atoms with van der Waals surface area (Å²) in [5.41, 5.74) is 9.40. The molecule has 0 unspecified atom stereocenters. The molecule has 0 saturated carbocycles. The first kappa shape index (κ1) is 16.8. The molecule has 3 N–H and O–H groups in total. The van der Waals surface area contributed by atoms with Crippen LogP contribution in [-0.2, 0) is 6.54 Å². The number of halogens is 1. The summed E-state index contributed by atoms with van der Waals surface area (Å²) in [4.78, 5) is 8.22. The zero-order valence-corrected chi connectivity index (χ0v) is 14.6. The maximum absolute atomic E-state index is 13.4. The first-order valence-electron chi connectivity index (χ1n) is 8.47. The second-order valence-electron chi connectivity index (χ2n) is 6.20. The van der Waals surface area contributed by atoms with Gasteiger partial charge in [-0.25, -0.2) is 14.4 Å². The van der Waals surface area contributed by atoms with E-state index in [-0.39, 0.29) is 5.82 Å². The van der Waals surface area contributed by atoms with Crippen molar-refractivity contribution in [3.05, 3.63) is 84.6 Å². The molecule has 0 aliphatic carbocycles. The van der Waals surface area contributed by atoms with E-state index in [9.17, 15) is 4.39 Å². The van der Waals surface area contributed by atoms with Crippen LogP contribution in [0.1, 0.15) is 11.1 Å². The monoisotopic (exact) mass is 359 g/mol. The van der Waals surface area contributed by atoms with Gasteiger partial charge in [0.1, 0.15) is 23.8 Å². The predicted molar refractivity (Wildman–Crippen MR) is 107 cm³/mol. The summed E-state index contributed by atoms with van der Waals surface area (Å²) in [5.74, 6) is 0.762. The standard InChI is InChI=1S/C21H18FN5/c1-2-18-20(23)24-13-25-21(18)26-17-6-7-19-15(11-17)8-9-27(19)12-14-4-3-5-16(22)10-14/h2-11,13H,1,12H2,(H3,23,24,25,26). The van der Waals surface area contributed by atoms with Crippen molar-refractivity contribution in [1.82, 2.24) is 14.5 Å². The normalized spacial score (nSPS) is 10.9. The number of nitrogens with one attached hydrogen (secondary N) is 1. The molecule has 6 heteroatoms. The number of fused-ring (bicyclic) bond motifs is 1. The lowest BCUT2D eigenvalue weighted by atomic mass is 10.2. The van der Waals surface area contributed by atoms with Crippen molar-refractivity contribution in [2.45, 2.75) is 6.54 Å². The van der Waals surface area contributed by atoms with E-state index in [4.69, 9.17) is 5.73 Å². The molecule has 0 radical (unpaired) electrons. The Kier molecular flexibility index (Phi) is 4.30. The maximum Gasteiger partial charge on any atom is 0.143 e. The topological polar surface area (TPSA) is 68.8 Å². The van der Waals surface area contributed by atoms with Gasteiger partial charge in [0.05, 0.1) is 5.56 Å². The number of hydrogen-bond donors (Lipinski definition) is 2. The smallest absolute Gasteiger partial charge is 0.143 e. The van der Waals surface area contributed by atoms with Crippen LogP contribution in [0.15, 0.2) is 67.6 Å². The van der Waals surface area contributed by atoms with Gasteiger partial charge in [0, 0.05) is 29.3 Å². The molecule has 2 aromatic heterocycles. The molecule has 4 rings (SSSR count). The molecule has 2 heterocycles. The van der Waals surface area contributed by atoms with Crippen molar-refractivity contribution in [2.75, 3.05) is 11.1 Å². The molecule has 0 atom stereocenters. The van der Waals surface area contributed by atoms with Crippen molar-refractivity contribution in [3.63, 3.8) is 0 Å². The van der Waals surface area contributed by atoms with Gasteiger partial charge in [-0.3, -0.25) is 0 Å². The Morgan fingerprint density at radius 3 is 2.85 bits per heavy atom. The molecule has 0 aliphatic rings. The van der Waals surface area contributed by atoms with Gasteiger partial charge >= 0.3 is 0 Å². The number of hydrogen-bond acceptors (Lipinski definition) is 4. The van der Waals surface area contributed by atoms with Gasteiger partial charge in [0.15, 0.2) is 0 Å². The summed E-state index contributed by atoms with van der Waals surface area (Å²) in [6.45, 7) is 4.37. The number of aromatic nitrogens is 3. The summed E-state index contributed by atoms with van der Waals surface area (Å²) < 4.78 is 15.5. The second-order valence-corrected chi connectivity index (χ2v) is 6.20. The molecule has 134 valence electrons. The van der Waals surface area contributed by atoms with Gasteiger partial charge in [-0.05, 0) is 42.0 Å². The SMILES string of the molecule is C=Cc1c(N)ncnc1Nc1ccc2c(ccn2Cc2cccc(F)c2)c1. The van der Waals surface area contributed by atoms with Gasteiger partial charge in [0.2, 0.25) is 0 Å². The number of nitrogens with two attached hydrogens (primary N) is 1. The van der Waals surface area contributed by atoms with E-state index in [0.717, 1.165) is 22.2 Å². The minimum absolute atomic E-state index is 0.224.